The van der Waals surface area contributed by atoms with Crippen molar-refractivity contribution >= 4 is 11.9 Å². The van der Waals surface area contributed by atoms with Gasteiger partial charge < -0.3 is 20.3 Å². The van der Waals surface area contributed by atoms with Gasteiger partial charge in [-0.3, -0.25) is 4.79 Å². The van der Waals surface area contributed by atoms with Gasteiger partial charge in [-0.1, -0.05) is 11.8 Å². The molecule has 0 saturated carbocycles. The molecular formula is C18H19NO5. The Morgan fingerprint density at radius 1 is 1.12 bits per heavy atom. The van der Waals surface area contributed by atoms with Gasteiger partial charge in [0.05, 0.1) is 13.2 Å². The van der Waals surface area contributed by atoms with E-state index in [2.05, 4.69) is 33.7 Å². The van der Waals surface area contributed by atoms with Crippen molar-refractivity contribution in [3.63, 3.8) is 0 Å². The maximum absolute atomic E-state index is 12.1. The minimum atomic E-state index is -1.14. The molecule has 0 fully saturated rings. The second-order valence-corrected chi connectivity index (χ2v) is 4.99. The highest BCUT2D eigenvalue weighted by Gasteiger charge is 2.26. The molecule has 126 valence electrons. The van der Waals surface area contributed by atoms with Crippen molar-refractivity contribution < 1.29 is 24.5 Å². The number of hydrogen-bond acceptors (Lipinski definition) is 5. The van der Waals surface area contributed by atoms with Gasteiger partial charge in [-0.2, -0.15) is 0 Å². The summed E-state index contributed by atoms with van der Waals surface area (Å²) < 4.78 is 4.54. The van der Waals surface area contributed by atoms with Gasteiger partial charge in [0.2, 0.25) is 0 Å². The fourth-order valence-electron chi connectivity index (χ4n) is 1.68. The maximum Gasteiger partial charge on any atom is 0.331 e. The number of carbonyl (C=O) groups is 2. The Balaban J connectivity index is 2.80. The van der Waals surface area contributed by atoms with E-state index in [0.29, 0.717) is 11.1 Å². The number of aliphatic hydroxyl groups excluding tert-OH is 2. The number of benzene rings is 1. The lowest BCUT2D eigenvalue weighted by Gasteiger charge is -2.18. The van der Waals surface area contributed by atoms with Crippen LogP contribution >= 0.6 is 0 Å². The smallest absolute Gasteiger partial charge is 0.331 e. The first-order chi connectivity index (χ1) is 11.3. The number of ether oxygens (including phenoxy) is 1. The van der Waals surface area contributed by atoms with Gasteiger partial charge in [0.25, 0.3) is 5.91 Å². The Labute approximate surface area is 140 Å². The second kappa shape index (κ2) is 9.36. The molecule has 0 spiro atoms. The van der Waals surface area contributed by atoms with Gasteiger partial charge in [-0.05, 0) is 50.0 Å². The summed E-state index contributed by atoms with van der Waals surface area (Å²) in [6.07, 6.45) is -1.82. The van der Waals surface area contributed by atoms with Crippen LogP contribution in [0.15, 0.2) is 24.3 Å². The number of rotatable bonds is 4. The van der Waals surface area contributed by atoms with E-state index in [0.717, 1.165) is 0 Å². The van der Waals surface area contributed by atoms with Crippen molar-refractivity contribution in [2.24, 2.45) is 0 Å². The van der Waals surface area contributed by atoms with Crippen molar-refractivity contribution in [3.05, 3.63) is 35.4 Å². The lowest BCUT2D eigenvalue weighted by Crippen LogP contribution is -2.48. The topological polar surface area (TPSA) is 95.9 Å². The Bertz CT molecular complexity index is 699. The minimum absolute atomic E-state index is 0.310. The van der Waals surface area contributed by atoms with Gasteiger partial charge in [0.15, 0.2) is 6.04 Å². The third-order valence-electron chi connectivity index (χ3n) is 2.92. The molecule has 0 aliphatic heterocycles. The average molecular weight is 329 g/mol. The van der Waals surface area contributed by atoms with Crippen LogP contribution in [0, 0.1) is 23.7 Å². The number of aliphatic hydroxyl groups is 2. The fraction of sp³-hybridized carbons (Fsp3) is 0.333. The standard InChI is InChI=1S/C18H19NO5/c1-12(20)6-4-5-7-14-8-10-15(11-9-14)17(22)19-16(13(2)21)18(23)24-3/h8-13,16,20-21H,1-3H3,(H,19,22)/t12?,13-,16+/m1/s1. The first kappa shape index (κ1) is 19.2. The largest absolute Gasteiger partial charge is 0.467 e. The molecule has 0 aliphatic carbocycles. The Kier molecular flexibility index (Phi) is 7.51. The zero-order valence-corrected chi connectivity index (χ0v) is 13.7. The zero-order chi connectivity index (χ0) is 18.1. The van der Waals surface area contributed by atoms with Gasteiger partial charge in [0, 0.05) is 11.1 Å². The minimum Gasteiger partial charge on any atom is -0.467 e. The normalized spacial score (nSPS) is 13.2. The molecule has 0 aliphatic rings. The van der Waals surface area contributed by atoms with Crippen LogP contribution in [-0.2, 0) is 9.53 Å². The summed E-state index contributed by atoms with van der Waals surface area (Å²) >= 11 is 0. The third-order valence-corrected chi connectivity index (χ3v) is 2.92. The fourth-order valence-corrected chi connectivity index (χ4v) is 1.68. The summed E-state index contributed by atoms with van der Waals surface area (Å²) in [7, 11) is 1.18. The summed E-state index contributed by atoms with van der Waals surface area (Å²) in [5.41, 5.74) is 0.955. The second-order valence-electron chi connectivity index (χ2n) is 4.99. The summed E-state index contributed by atoms with van der Waals surface area (Å²) in [4.78, 5) is 23.6. The molecule has 1 aromatic carbocycles. The van der Waals surface area contributed by atoms with E-state index in [1.165, 1.54) is 33.1 Å². The molecule has 6 nitrogen and oxygen atoms in total. The van der Waals surface area contributed by atoms with Crippen molar-refractivity contribution in [2.75, 3.05) is 7.11 Å². The molecule has 6 heteroatoms. The van der Waals surface area contributed by atoms with Crippen molar-refractivity contribution in [3.8, 4) is 23.7 Å². The molecule has 3 atom stereocenters. The number of methoxy groups -OCH3 is 1. The lowest BCUT2D eigenvalue weighted by molar-refractivity contribution is -0.145. The highest BCUT2D eigenvalue weighted by Crippen LogP contribution is 2.05. The molecule has 0 heterocycles. The number of amides is 1. The number of hydrogen-bond donors (Lipinski definition) is 3. The van der Waals surface area contributed by atoms with Gasteiger partial charge >= 0.3 is 5.97 Å². The molecule has 1 unspecified atom stereocenters. The Hall–Kier alpha value is -2.80. The van der Waals surface area contributed by atoms with E-state index in [1.54, 1.807) is 12.1 Å². The Morgan fingerprint density at radius 3 is 2.25 bits per heavy atom. The first-order valence-corrected chi connectivity index (χ1v) is 7.21. The lowest BCUT2D eigenvalue weighted by atomic mass is 10.1. The van der Waals surface area contributed by atoms with Crippen LogP contribution in [0.25, 0.3) is 0 Å². The third kappa shape index (κ3) is 6.13. The van der Waals surface area contributed by atoms with E-state index >= 15 is 0 Å². The highest BCUT2D eigenvalue weighted by molar-refractivity contribution is 5.97. The summed E-state index contributed by atoms with van der Waals surface area (Å²) in [6.45, 7) is 2.92. The van der Waals surface area contributed by atoms with Crippen molar-refractivity contribution in [2.45, 2.75) is 32.1 Å². The van der Waals surface area contributed by atoms with Crippen LogP contribution in [0.5, 0.6) is 0 Å². The zero-order valence-electron chi connectivity index (χ0n) is 13.7. The van der Waals surface area contributed by atoms with Gasteiger partial charge in [0.1, 0.15) is 6.10 Å². The number of esters is 1. The summed E-state index contributed by atoms with van der Waals surface area (Å²) in [5, 5.41) is 20.9. The molecule has 0 aromatic heterocycles. The summed E-state index contributed by atoms with van der Waals surface area (Å²) in [5.74, 6) is 9.12. The van der Waals surface area contributed by atoms with Crippen LogP contribution in [0.3, 0.4) is 0 Å². The van der Waals surface area contributed by atoms with Crippen LogP contribution in [-0.4, -0.2) is 47.4 Å². The van der Waals surface area contributed by atoms with Crippen molar-refractivity contribution in [1.29, 1.82) is 0 Å². The molecule has 3 N–H and O–H groups in total. The molecule has 0 saturated heterocycles. The molecule has 24 heavy (non-hydrogen) atoms. The number of carbonyl (C=O) groups excluding carboxylic acids is 2. The Morgan fingerprint density at radius 2 is 1.75 bits per heavy atom. The molecule has 1 amide bonds. The van der Waals surface area contributed by atoms with Crippen LogP contribution < -0.4 is 5.32 Å². The van der Waals surface area contributed by atoms with E-state index < -0.39 is 30.1 Å². The van der Waals surface area contributed by atoms with E-state index in [-0.39, 0.29) is 0 Å². The number of nitrogens with one attached hydrogen (secondary N) is 1. The molecular weight excluding hydrogens is 310 g/mol. The van der Waals surface area contributed by atoms with E-state index in [1.807, 2.05) is 0 Å². The maximum atomic E-state index is 12.1. The molecule has 1 aromatic rings. The molecule has 0 bridgehead atoms. The van der Waals surface area contributed by atoms with Gasteiger partial charge in [-0.15, -0.1) is 0 Å². The van der Waals surface area contributed by atoms with E-state index in [9.17, 15) is 14.7 Å². The van der Waals surface area contributed by atoms with Crippen LogP contribution in [0.2, 0.25) is 0 Å². The van der Waals surface area contributed by atoms with Gasteiger partial charge in [-0.25, -0.2) is 4.79 Å². The predicted octanol–water partition coefficient (Wildman–Crippen LogP) is 0.0745. The van der Waals surface area contributed by atoms with Crippen LogP contribution in [0.4, 0.5) is 0 Å². The average Bonchev–Trinajstić information content (AvgIpc) is 2.55. The highest BCUT2D eigenvalue weighted by atomic mass is 16.5. The van der Waals surface area contributed by atoms with Crippen molar-refractivity contribution in [1.82, 2.24) is 5.32 Å². The first-order valence-electron chi connectivity index (χ1n) is 7.21. The quantitative estimate of drug-likeness (QED) is 0.537. The van der Waals surface area contributed by atoms with Crippen LogP contribution in [0.1, 0.15) is 29.8 Å². The van der Waals surface area contributed by atoms with E-state index in [4.69, 9.17) is 5.11 Å². The SMILES string of the molecule is COC(=O)[C@@H](NC(=O)c1ccc(C#CC#CC(C)O)cc1)[C@@H](C)O. The predicted molar refractivity (Wildman–Crippen MR) is 87.7 cm³/mol. The summed E-state index contributed by atoms with van der Waals surface area (Å²) in [6, 6.07) is 5.19. The molecule has 1 rings (SSSR count). The molecule has 0 radical (unpaired) electrons. The monoisotopic (exact) mass is 329 g/mol.